The Bertz CT molecular complexity index is 226. The van der Waals surface area contributed by atoms with E-state index in [0.29, 0.717) is 5.70 Å². The molecule has 56 valence electrons. The van der Waals surface area contributed by atoms with E-state index in [-0.39, 0.29) is 0 Å². The molecule has 0 saturated heterocycles. The minimum absolute atomic E-state index is 0.338. The highest BCUT2D eigenvalue weighted by atomic mass is 14.7. The molecule has 11 heavy (non-hydrogen) atoms. The van der Waals surface area contributed by atoms with E-state index in [1.165, 1.54) is 6.42 Å². The number of nitriles is 1. The van der Waals surface area contributed by atoms with Gasteiger partial charge in [-0.1, -0.05) is 24.8 Å². The summed E-state index contributed by atoms with van der Waals surface area (Å²) in [6.07, 6.45) is 5.48. The molecule has 0 aromatic carbocycles. The second-order valence-corrected chi connectivity index (χ2v) is 2.74. The molecule has 0 atom stereocenters. The second kappa shape index (κ2) is 3.78. The summed E-state index contributed by atoms with van der Waals surface area (Å²) in [5.74, 6) is 0. The molecule has 0 radical (unpaired) electrons. The van der Waals surface area contributed by atoms with Gasteiger partial charge >= 0.3 is 0 Å². The van der Waals surface area contributed by atoms with Gasteiger partial charge in [-0.3, -0.25) is 0 Å². The van der Waals surface area contributed by atoms with Gasteiger partial charge in [0, 0.05) is 0 Å². The molecule has 0 aliphatic heterocycles. The Balaban J connectivity index is 2.77. The molecule has 1 rings (SSSR count). The Morgan fingerprint density at radius 2 is 2.00 bits per heavy atom. The van der Waals surface area contributed by atoms with Crippen LogP contribution in [0.1, 0.15) is 32.1 Å². The molecule has 0 amide bonds. The predicted molar refractivity (Wildman–Crippen MR) is 42.3 cm³/mol. The van der Waals surface area contributed by atoms with Gasteiger partial charge in [0.15, 0.2) is 0 Å². The summed E-state index contributed by atoms with van der Waals surface area (Å²) in [7, 11) is 0. The van der Waals surface area contributed by atoms with E-state index in [2.05, 4.69) is 4.85 Å². The van der Waals surface area contributed by atoms with E-state index in [1.807, 2.05) is 6.07 Å². The SMILES string of the molecule is [C-]#[N+]C(C#N)=C1CCCCC1. The van der Waals surface area contributed by atoms with Crippen molar-refractivity contribution in [3.8, 4) is 6.07 Å². The van der Waals surface area contributed by atoms with Gasteiger partial charge in [0.1, 0.15) is 0 Å². The fourth-order valence-electron chi connectivity index (χ4n) is 1.40. The summed E-state index contributed by atoms with van der Waals surface area (Å²) in [4.78, 5) is 3.20. The van der Waals surface area contributed by atoms with Crippen LogP contribution in [0, 0.1) is 17.9 Å². The van der Waals surface area contributed by atoms with E-state index in [1.54, 1.807) is 0 Å². The molecule has 0 heterocycles. The first-order valence-corrected chi connectivity index (χ1v) is 3.88. The van der Waals surface area contributed by atoms with Gasteiger partial charge in [0.25, 0.3) is 5.70 Å². The van der Waals surface area contributed by atoms with Crippen molar-refractivity contribution in [3.05, 3.63) is 22.7 Å². The van der Waals surface area contributed by atoms with Crippen LogP contribution in [0.25, 0.3) is 4.85 Å². The van der Waals surface area contributed by atoms with Crippen molar-refractivity contribution >= 4 is 0 Å². The van der Waals surface area contributed by atoms with Crippen LogP contribution in [0.15, 0.2) is 11.3 Å². The lowest BCUT2D eigenvalue weighted by Gasteiger charge is -2.12. The number of nitrogens with zero attached hydrogens (tertiary/aromatic N) is 2. The molecular formula is C9H10N2. The maximum Gasteiger partial charge on any atom is 0.261 e. The lowest BCUT2D eigenvalue weighted by Crippen LogP contribution is -1.95. The molecule has 1 saturated carbocycles. The predicted octanol–water partition coefficient (Wildman–Crippen LogP) is 2.65. The molecular weight excluding hydrogens is 136 g/mol. The fraction of sp³-hybridized carbons (Fsp3) is 0.556. The van der Waals surface area contributed by atoms with Gasteiger partial charge < -0.3 is 0 Å². The molecule has 2 heteroatoms. The standard InChI is InChI=1S/C9H10N2/c1-11-9(7-10)8-5-3-2-4-6-8/h2-6H2. The van der Waals surface area contributed by atoms with E-state index in [0.717, 1.165) is 31.3 Å². The van der Waals surface area contributed by atoms with Crippen molar-refractivity contribution in [3.63, 3.8) is 0 Å². The van der Waals surface area contributed by atoms with Crippen LogP contribution in [0.2, 0.25) is 0 Å². The molecule has 0 bridgehead atoms. The highest BCUT2D eigenvalue weighted by Crippen LogP contribution is 2.25. The molecule has 1 aliphatic rings. The van der Waals surface area contributed by atoms with Crippen molar-refractivity contribution < 1.29 is 0 Å². The lowest BCUT2D eigenvalue weighted by molar-refractivity contribution is 0.597. The van der Waals surface area contributed by atoms with Gasteiger partial charge in [-0.05, 0) is 12.8 Å². The minimum atomic E-state index is 0.338. The van der Waals surface area contributed by atoms with Crippen molar-refractivity contribution in [1.29, 1.82) is 5.26 Å². The Hall–Kier alpha value is -1.28. The molecule has 0 unspecified atom stereocenters. The van der Waals surface area contributed by atoms with Gasteiger partial charge in [-0.15, -0.1) is 0 Å². The zero-order valence-corrected chi connectivity index (χ0v) is 6.43. The van der Waals surface area contributed by atoms with Gasteiger partial charge in [-0.25, -0.2) is 10.1 Å². The van der Waals surface area contributed by atoms with E-state index < -0.39 is 0 Å². The maximum atomic E-state index is 8.56. The van der Waals surface area contributed by atoms with Gasteiger partial charge in [0.2, 0.25) is 0 Å². The van der Waals surface area contributed by atoms with E-state index in [4.69, 9.17) is 11.8 Å². The molecule has 0 aromatic heterocycles. The van der Waals surface area contributed by atoms with Gasteiger partial charge in [-0.2, -0.15) is 0 Å². The van der Waals surface area contributed by atoms with Crippen molar-refractivity contribution in [2.75, 3.05) is 0 Å². The first-order chi connectivity index (χ1) is 5.38. The Morgan fingerprint density at radius 1 is 1.36 bits per heavy atom. The van der Waals surface area contributed by atoms with Crippen LogP contribution < -0.4 is 0 Å². The molecule has 0 aromatic rings. The number of hydrogen-bond donors (Lipinski definition) is 0. The van der Waals surface area contributed by atoms with Crippen molar-refractivity contribution in [2.24, 2.45) is 0 Å². The molecule has 0 spiro atoms. The number of rotatable bonds is 0. The van der Waals surface area contributed by atoms with Crippen LogP contribution in [0.3, 0.4) is 0 Å². The van der Waals surface area contributed by atoms with Crippen LogP contribution in [-0.4, -0.2) is 0 Å². The molecule has 2 nitrogen and oxygen atoms in total. The summed E-state index contributed by atoms with van der Waals surface area (Å²) < 4.78 is 0. The molecule has 1 aliphatic carbocycles. The zero-order chi connectivity index (χ0) is 8.10. The molecule has 1 fully saturated rings. The van der Waals surface area contributed by atoms with Crippen molar-refractivity contribution in [2.45, 2.75) is 32.1 Å². The van der Waals surface area contributed by atoms with Crippen molar-refractivity contribution in [1.82, 2.24) is 0 Å². The van der Waals surface area contributed by atoms with Crippen LogP contribution in [0.5, 0.6) is 0 Å². The first kappa shape index (κ1) is 7.82. The Labute approximate surface area is 67.0 Å². The third-order valence-electron chi connectivity index (χ3n) is 2.01. The topological polar surface area (TPSA) is 28.1 Å². The average molecular weight is 146 g/mol. The highest BCUT2D eigenvalue weighted by molar-refractivity contribution is 5.33. The monoisotopic (exact) mass is 146 g/mol. The summed E-state index contributed by atoms with van der Waals surface area (Å²) in [5, 5.41) is 8.56. The van der Waals surface area contributed by atoms with E-state index >= 15 is 0 Å². The Kier molecular flexibility index (Phi) is 2.69. The quantitative estimate of drug-likeness (QED) is 0.381. The molecule has 0 N–H and O–H groups in total. The normalized spacial score (nSPS) is 16.7. The maximum absolute atomic E-state index is 8.56. The summed E-state index contributed by atoms with van der Waals surface area (Å²) in [6, 6.07) is 1.95. The zero-order valence-electron chi connectivity index (χ0n) is 6.43. The third-order valence-corrected chi connectivity index (χ3v) is 2.01. The minimum Gasteiger partial charge on any atom is -0.227 e. The largest absolute Gasteiger partial charge is 0.261 e. The third kappa shape index (κ3) is 1.82. The summed E-state index contributed by atoms with van der Waals surface area (Å²) >= 11 is 0. The number of allylic oxidation sites excluding steroid dienone is 2. The van der Waals surface area contributed by atoms with Crippen LogP contribution in [-0.2, 0) is 0 Å². The Morgan fingerprint density at radius 3 is 2.45 bits per heavy atom. The highest BCUT2D eigenvalue weighted by Gasteiger charge is 2.10. The summed E-state index contributed by atoms with van der Waals surface area (Å²) in [6.45, 7) is 6.74. The van der Waals surface area contributed by atoms with E-state index in [9.17, 15) is 0 Å². The first-order valence-electron chi connectivity index (χ1n) is 3.88. The number of hydrogen-bond acceptors (Lipinski definition) is 1. The fourth-order valence-corrected chi connectivity index (χ4v) is 1.40. The smallest absolute Gasteiger partial charge is 0.227 e. The van der Waals surface area contributed by atoms with Gasteiger partial charge in [0.05, 0.1) is 12.6 Å². The lowest BCUT2D eigenvalue weighted by atomic mass is 9.94. The van der Waals surface area contributed by atoms with Crippen LogP contribution in [0.4, 0.5) is 0 Å². The van der Waals surface area contributed by atoms with Crippen LogP contribution >= 0.6 is 0 Å². The average Bonchev–Trinajstić information content (AvgIpc) is 2.09. The second-order valence-electron chi connectivity index (χ2n) is 2.74. The summed E-state index contributed by atoms with van der Waals surface area (Å²) in [5.41, 5.74) is 1.42.